The van der Waals surface area contributed by atoms with E-state index in [1.807, 2.05) is 36.4 Å². The van der Waals surface area contributed by atoms with Gasteiger partial charge in [0.1, 0.15) is 0 Å². The van der Waals surface area contributed by atoms with E-state index in [0.717, 1.165) is 22.2 Å². The highest BCUT2D eigenvalue weighted by atomic mass is 16.3. The van der Waals surface area contributed by atoms with Crippen molar-refractivity contribution in [2.24, 2.45) is 0 Å². The molecule has 2 aromatic carbocycles. The maximum Gasteiger partial charge on any atom is 0.0682 e. The van der Waals surface area contributed by atoms with Gasteiger partial charge in [0.15, 0.2) is 0 Å². The fourth-order valence-electron chi connectivity index (χ4n) is 2.14. The Kier molecular flexibility index (Phi) is 3.17. The van der Waals surface area contributed by atoms with Gasteiger partial charge in [-0.1, -0.05) is 42.5 Å². The first-order chi connectivity index (χ1) is 9.35. The van der Waals surface area contributed by atoms with E-state index in [9.17, 15) is 0 Å². The summed E-state index contributed by atoms with van der Waals surface area (Å²) in [7, 11) is 0. The van der Waals surface area contributed by atoms with Gasteiger partial charge in [0.25, 0.3) is 0 Å². The van der Waals surface area contributed by atoms with Gasteiger partial charge in [-0.05, 0) is 35.4 Å². The molecular formula is C17H15NO. The highest BCUT2D eigenvalue weighted by Gasteiger charge is 1.99. The summed E-state index contributed by atoms with van der Waals surface area (Å²) in [5, 5.41) is 10.3. The number of aromatic amines is 1. The van der Waals surface area contributed by atoms with Crippen molar-refractivity contribution in [1.29, 1.82) is 0 Å². The average molecular weight is 249 g/mol. The molecule has 1 heterocycles. The van der Waals surface area contributed by atoms with Crippen LogP contribution in [0.1, 0.15) is 16.8 Å². The van der Waals surface area contributed by atoms with Crippen molar-refractivity contribution in [3.05, 3.63) is 71.4 Å². The van der Waals surface area contributed by atoms with Gasteiger partial charge in [0, 0.05) is 16.6 Å². The van der Waals surface area contributed by atoms with Crippen LogP contribution in [0.4, 0.5) is 0 Å². The molecule has 0 amide bonds. The number of nitrogens with one attached hydrogen (secondary N) is 1. The van der Waals surface area contributed by atoms with Crippen LogP contribution in [-0.4, -0.2) is 10.1 Å². The molecule has 3 aromatic rings. The van der Waals surface area contributed by atoms with Gasteiger partial charge in [0.2, 0.25) is 0 Å². The second-order valence-electron chi connectivity index (χ2n) is 4.55. The Hall–Kier alpha value is -2.32. The summed E-state index contributed by atoms with van der Waals surface area (Å²) in [5.74, 6) is 0. The molecule has 19 heavy (non-hydrogen) atoms. The SMILES string of the molecule is OCc1ccc2[nH]c(/C=C/c3ccccc3)cc2c1. The summed E-state index contributed by atoms with van der Waals surface area (Å²) in [6.45, 7) is 0.0797. The van der Waals surface area contributed by atoms with E-state index < -0.39 is 0 Å². The van der Waals surface area contributed by atoms with Gasteiger partial charge in [0.05, 0.1) is 6.61 Å². The maximum absolute atomic E-state index is 9.13. The Labute approximate surface area is 112 Å². The third kappa shape index (κ3) is 2.59. The lowest BCUT2D eigenvalue weighted by atomic mass is 10.1. The second kappa shape index (κ2) is 5.12. The minimum atomic E-state index is 0.0797. The predicted molar refractivity (Wildman–Crippen MR) is 79.6 cm³/mol. The highest BCUT2D eigenvalue weighted by molar-refractivity contribution is 5.84. The number of aromatic nitrogens is 1. The summed E-state index contributed by atoms with van der Waals surface area (Å²) in [6.07, 6.45) is 4.14. The molecule has 2 heteroatoms. The molecule has 0 aliphatic carbocycles. The van der Waals surface area contributed by atoms with E-state index in [2.05, 4.69) is 35.3 Å². The number of rotatable bonds is 3. The zero-order chi connectivity index (χ0) is 13.1. The van der Waals surface area contributed by atoms with Crippen molar-refractivity contribution in [2.75, 3.05) is 0 Å². The Morgan fingerprint density at radius 1 is 0.947 bits per heavy atom. The summed E-state index contributed by atoms with van der Waals surface area (Å²) in [6, 6.07) is 18.2. The molecule has 0 bridgehead atoms. The van der Waals surface area contributed by atoms with Crippen molar-refractivity contribution < 1.29 is 5.11 Å². The Bertz CT molecular complexity index is 710. The van der Waals surface area contributed by atoms with Gasteiger partial charge in [-0.25, -0.2) is 0 Å². The van der Waals surface area contributed by atoms with E-state index in [-0.39, 0.29) is 6.61 Å². The Morgan fingerprint density at radius 2 is 1.79 bits per heavy atom. The summed E-state index contributed by atoms with van der Waals surface area (Å²) in [4.78, 5) is 3.35. The highest BCUT2D eigenvalue weighted by Crippen LogP contribution is 2.19. The van der Waals surface area contributed by atoms with Crippen LogP contribution in [0.2, 0.25) is 0 Å². The number of fused-ring (bicyclic) bond motifs is 1. The lowest BCUT2D eigenvalue weighted by Gasteiger charge is -1.94. The monoisotopic (exact) mass is 249 g/mol. The number of aliphatic hydroxyl groups excluding tert-OH is 1. The summed E-state index contributed by atoms with van der Waals surface area (Å²) < 4.78 is 0. The first kappa shape index (κ1) is 11.8. The minimum absolute atomic E-state index is 0.0797. The van der Waals surface area contributed by atoms with Crippen LogP contribution in [-0.2, 0) is 6.61 Å². The van der Waals surface area contributed by atoms with E-state index in [1.54, 1.807) is 0 Å². The molecule has 0 saturated heterocycles. The molecular weight excluding hydrogens is 234 g/mol. The van der Waals surface area contributed by atoms with Crippen molar-refractivity contribution in [2.45, 2.75) is 6.61 Å². The largest absolute Gasteiger partial charge is 0.392 e. The minimum Gasteiger partial charge on any atom is -0.392 e. The molecule has 1 aromatic heterocycles. The standard InChI is InChI=1S/C17H15NO/c19-12-14-7-9-17-15(10-14)11-16(18-17)8-6-13-4-2-1-3-5-13/h1-11,18-19H,12H2/b8-6+. The second-order valence-corrected chi connectivity index (χ2v) is 4.55. The number of hydrogen-bond donors (Lipinski definition) is 2. The molecule has 0 saturated carbocycles. The number of aliphatic hydroxyl groups is 1. The molecule has 0 unspecified atom stereocenters. The zero-order valence-electron chi connectivity index (χ0n) is 10.5. The average Bonchev–Trinajstić information content (AvgIpc) is 2.88. The third-order valence-electron chi connectivity index (χ3n) is 3.14. The van der Waals surface area contributed by atoms with E-state index >= 15 is 0 Å². The number of benzene rings is 2. The third-order valence-corrected chi connectivity index (χ3v) is 3.14. The van der Waals surface area contributed by atoms with Crippen LogP contribution in [0.25, 0.3) is 23.1 Å². The fourth-order valence-corrected chi connectivity index (χ4v) is 2.14. The molecule has 0 fully saturated rings. The summed E-state index contributed by atoms with van der Waals surface area (Å²) >= 11 is 0. The molecule has 0 atom stereocenters. The quantitative estimate of drug-likeness (QED) is 0.727. The Morgan fingerprint density at radius 3 is 2.58 bits per heavy atom. The normalized spacial score (nSPS) is 11.4. The van der Waals surface area contributed by atoms with Crippen LogP contribution in [0.5, 0.6) is 0 Å². The molecule has 3 rings (SSSR count). The molecule has 0 spiro atoms. The number of hydrogen-bond acceptors (Lipinski definition) is 1. The van der Waals surface area contributed by atoms with Gasteiger partial charge >= 0.3 is 0 Å². The van der Waals surface area contributed by atoms with E-state index in [4.69, 9.17) is 5.11 Å². The lowest BCUT2D eigenvalue weighted by Crippen LogP contribution is -1.80. The topological polar surface area (TPSA) is 36.0 Å². The van der Waals surface area contributed by atoms with Gasteiger partial charge < -0.3 is 10.1 Å². The first-order valence-electron chi connectivity index (χ1n) is 6.31. The zero-order valence-corrected chi connectivity index (χ0v) is 10.5. The van der Waals surface area contributed by atoms with Gasteiger partial charge in [-0.2, -0.15) is 0 Å². The Balaban J connectivity index is 1.91. The fraction of sp³-hybridized carbons (Fsp3) is 0.0588. The van der Waals surface area contributed by atoms with Crippen molar-refractivity contribution >= 4 is 23.1 Å². The number of H-pyrrole nitrogens is 1. The summed E-state index contributed by atoms with van der Waals surface area (Å²) in [5.41, 5.74) is 4.26. The van der Waals surface area contributed by atoms with Crippen LogP contribution in [0.15, 0.2) is 54.6 Å². The van der Waals surface area contributed by atoms with E-state index in [1.165, 1.54) is 5.56 Å². The molecule has 94 valence electrons. The van der Waals surface area contributed by atoms with Crippen molar-refractivity contribution in [3.63, 3.8) is 0 Å². The van der Waals surface area contributed by atoms with Gasteiger partial charge in [-0.3, -0.25) is 0 Å². The van der Waals surface area contributed by atoms with Crippen LogP contribution < -0.4 is 0 Å². The van der Waals surface area contributed by atoms with Crippen LogP contribution in [0.3, 0.4) is 0 Å². The lowest BCUT2D eigenvalue weighted by molar-refractivity contribution is 0.282. The van der Waals surface area contributed by atoms with Gasteiger partial charge in [-0.15, -0.1) is 0 Å². The van der Waals surface area contributed by atoms with E-state index in [0.29, 0.717) is 0 Å². The molecule has 2 nitrogen and oxygen atoms in total. The molecule has 2 N–H and O–H groups in total. The van der Waals surface area contributed by atoms with Crippen LogP contribution in [0, 0.1) is 0 Å². The van der Waals surface area contributed by atoms with Crippen molar-refractivity contribution in [3.8, 4) is 0 Å². The molecule has 0 aliphatic rings. The smallest absolute Gasteiger partial charge is 0.0682 e. The maximum atomic E-state index is 9.13. The first-order valence-corrected chi connectivity index (χ1v) is 6.31. The van der Waals surface area contributed by atoms with Crippen LogP contribution >= 0.6 is 0 Å². The predicted octanol–water partition coefficient (Wildman–Crippen LogP) is 3.83. The van der Waals surface area contributed by atoms with Crippen molar-refractivity contribution in [1.82, 2.24) is 4.98 Å². The molecule has 0 radical (unpaired) electrons. The molecule has 0 aliphatic heterocycles.